The van der Waals surface area contributed by atoms with E-state index in [-0.39, 0.29) is 75.3 Å². The van der Waals surface area contributed by atoms with Crippen molar-refractivity contribution in [3.8, 4) is 41.4 Å². The van der Waals surface area contributed by atoms with E-state index in [1.165, 1.54) is 57.0 Å². The smallest absolute Gasteiger partial charge is 0.255 e. The van der Waals surface area contributed by atoms with E-state index in [0.29, 0.717) is 42.9 Å². The minimum atomic E-state index is -2.94. The normalized spacial score (nSPS) is 25.4. The van der Waals surface area contributed by atoms with Gasteiger partial charge >= 0.3 is 0 Å². The van der Waals surface area contributed by atoms with Gasteiger partial charge in [-0.05, 0) is 171 Å². The number of carbonyl (C=O) groups excluding carboxylic acids is 9. The lowest BCUT2D eigenvalue weighted by atomic mass is 8.81. The molecule has 0 spiro atoms. The van der Waals surface area contributed by atoms with Crippen LogP contribution in [0.15, 0.2) is 124 Å². The Bertz CT molecular complexity index is 5590. The Morgan fingerprint density at radius 3 is 1.00 bits per heavy atom. The number of aliphatic hydroxyl groups is 12. The van der Waals surface area contributed by atoms with E-state index in [1.807, 2.05) is 29.5 Å². The Kier molecular flexibility index (Phi) is 37.9. The third kappa shape index (κ3) is 19.3. The van der Waals surface area contributed by atoms with Gasteiger partial charge in [0.2, 0.25) is 17.3 Å². The minimum Gasteiger partial charge on any atom is -0.508 e. The maximum absolute atomic E-state index is 13.9. The molecule has 12 unspecified atom stereocenters. The zero-order valence-corrected chi connectivity index (χ0v) is 75.0. The van der Waals surface area contributed by atoms with Crippen LogP contribution in [0.3, 0.4) is 0 Å². The molecule has 33 nitrogen and oxygen atoms in total. The number of likely N-dealkylation sites (N-methyl/N-ethyl adjacent to an activating group) is 3. The number of rotatable bonds is 11. The number of ketones is 6. The summed E-state index contributed by atoms with van der Waals surface area (Å²) in [6, 6.07) is 0.876. The number of phenolic OH excluding ortho intramolecular Hbond substituents is 3. The van der Waals surface area contributed by atoms with Crippen LogP contribution in [-0.4, -0.2) is 325 Å². The molecule has 0 bridgehead atoms. The zero-order chi connectivity index (χ0) is 97.1. The molecular formula is C90H112B6IN9O24. The first-order valence-corrected chi connectivity index (χ1v) is 40.0. The van der Waals surface area contributed by atoms with Crippen LogP contribution >= 0.6 is 22.6 Å². The van der Waals surface area contributed by atoms with Crippen molar-refractivity contribution in [3.63, 3.8) is 0 Å². The van der Waals surface area contributed by atoms with Gasteiger partial charge in [0.05, 0.1) is 80.0 Å². The molecular weight excluding hydrogens is 1780 g/mol. The van der Waals surface area contributed by atoms with Crippen LogP contribution in [0.1, 0.15) is 94.5 Å². The summed E-state index contributed by atoms with van der Waals surface area (Å²) < 4.78 is 0.394. The van der Waals surface area contributed by atoms with E-state index in [1.54, 1.807) is 114 Å². The van der Waals surface area contributed by atoms with Crippen LogP contribution in [0.5, 0.6) is 17.2 Å². The highest BCUT2D eigenvalue weighted by Crippen LogP contribution is 2.59. The van der Waals surface area contributed by atoms with Crippen LogP contribution in [0.25, 0.3) is 23.4 Å². The van der Waals surface area contributed by atoms with E-state index in [0.717, 1.165) is 0 Å². The average Bonchev–Trinajstić information content (AvgIpc) is 0.698. The van der Waals surface area contributed by atoms with Crippen LogP contribution in [0.4, 0.5) is 17.1 Å². The van der Waals surface area contributed by atoms with Gasteiger partial charge in [0.25, 0.3) is 17.7 Å². The Hall–Kier alpha value is -11.7. The number of nitrogens with two attached hydrogens (primary N) is 3. The Morgan fingerprint density at radius 1 is 0.500 bits per heavy atom. The summed E-state index contributed by atoms with van der Waals surface area (Å²) in [4.78, 5) is 126. The molecule has 3 aromatic carbocycles. The first-order chi connectivity index (χ1) is 59.0. The number of carbonyl (C=O) groups is 9. The molecule has 40 heteroatoms. The van der Waals surface area contributed by atoms with Crippen molar-refractivity contribution >= 4 is 159 Å². The molecule has 0 aliphatic heterocycles. The molecule has 686 valence electrons. The summed E-state index contributed by atoms with van der Waals surface area (Å²) in [5, 5.41) is 169. The zero-order valence-electron chi connectivity index (χ0n) is 72.9. The molecule has 3 amide bonds. The number of terminal acetylenes is 1. The number of anilines is 3. The number of allylic oxidation sites excluding steroid dienone is 2. The highest BCUT2D eigenvalue weighted by molar-refractivity contribution is 14.1. The van der Waals surface area contributed by atoms with Gasteiger partial charge in [0, 0.05) is 143 Å². The quantitative estimate of drug-likeness (QED) is 0.0325. The number of hydrogen-bond acceptors (Lipinski definition) is 30. The largest absolute Gasteiger partial charge is 0.508 e. The first kappa shape index (κ1) is 113. The fourth-order valence-corrected chi connectivity index (χ4v) is 18.3. The SMILES string of the molecule is C.C.C.C#CC.C/C=C/c1cc(N(C)C)c2c(c1O)C(O)=C1C(=O)[C@]3(O)C(O)=C(C(N)=O)C(=O)C(N(C)C)C3C(O)C1C2.C=C=C=C=C=C.C=CC.CC#Cc1cc(N(C)C)c2c(c1O)C(O)=C1C(=O)[C@]3(O)C(O)=C(C(N)=O)C(=O)C(N(C)C)C3C(O)C1C2.CN(C)c1cc(I)c(O)c2c1CC1C(=C2O)C(=O)[C@]2(O)C(O)=C(C(N)=O)C(=O)C(N(C)C)C2C1O.[B]B([B])B([B])[B]. The molecule has 9 aliphatic carbocycles. The van der Waals surface area contributed by atoms with Crippen molar-refractivity contribution in [1.82, 2.24) is 14.7 Å². The number of benzene rings is 3. The second kappa shape index (κ2) is 43.8. The van der Waals surface area contributed by atoms with Gasteiger partial charge in [0.1, 0.15) is 68.5 Å². The van der Waals surface area contributed by atoms with Gasteiger partial charge in [-0.25, -0.2) is 0 Å². The number of amides is 3. The number of primary amides is 3. The van der Waals surface area contributed by atoms with Gasteiger partial charge < -0.3 is 108 Å². The monoisotopic (exact) mass is 1900 g/mol. The lowest BCUT2D eigenvalue weighted by molar-refractivity contribution is -0.169. The maximum Gasteiger partial charge on any atom is 0.255 e. The summed E-state index contributed by atoms with van der Waals surface area (Å²) in [6.07, 6.45) is 3.55. The van der Waals surface area contributed by atoms with E-state index >= 15 is 0 Å². The molecule has 0 aromatic heterocycles. The summed E-state index contributed by atoms with van der Waals surface area (Å²) in [7, 11) is 39.1. The maximum atomic E-state index is 13.9. The van der Waals surface area contributed by atoms with Gasteiger partial charge in [-0.15, -0.1) is 24.8 Å². The highest BCUT2D eigenvalue weighted by atomic mass is 127. The van der Waals surface area contributed by atoms with Gasteiger partial charge in [-0.2, -0.15) is 0 Å². The molecule has 3 fully saturated rings. The third-order valence-corrected chi connectivity index (χ3v) is 23.9. The number of fused-ring (bicyclic) bond motifs is 9. The second-order valence-corrected chi connectivity index (χ2v) is 33.2. The Morgan fingerprint density at radius 2 is 0.762 bits per heavy atom. The van der Waals surface area contributed by atoms with Gasteiger partial charge in [0.15, 0.2) is 34.2 Å². The fraction of sp³-hybridized carbons (Fsp3) is 0.411. The first-order valence-electron chi connectivity index (χ1n) is 38.9. The molecule has 0 saturated heterocycles. The molecule has 3 aromatic rings. The summed E-state index contributed by atoms with van der Waals surface area (Å²) in [5.41, 5.74) is 16.2. The number of aliphatic hydroxyl groups excluding tert-OH is 9. The molecule has 8 radical (unpaired) electrons. The molecule has 9 aliphatic rings. The Labute approximate surface area is 776 Å². The average molecular weight is 1900 g/mol. The predicted octanol–water partition coefficient (Wildman–Crippen LogP) is 1.89. The van der Waals surface area contributed by atoms with E-state index in [2.05, 4.69) is 66.8 Å². The fourth-order valence-electron chi connectivity index (χ4n) is 17.7. The highest BCUT2D eigenvalue weighted by Gasteiger charge is 2.71. The number of aromatic hydroxyl groups is 3. The van der Waals surface area contributed by atoms with Crippen molar-refractivity contribution in [2.24, 2.45) is 52.7 Å². The molecule has 0 heterocycles. The summed E-state index contributed by atoms with van der Waals surface area (Å²) >= 11 is 1.88. The van der Waals surface area contributed by atoms with Crippen LogP contribution < -0.4 is 31.9 Å². The van der Waals surface area contributed by atoms with E-state index < -0.39 is 228 Å². The van der Waals surface area contributed by atoms with Crippen molar-refractivity contribution in [3.05, 3.63) is 172 Å². The number of hydrogen-bond donors (Lipinski definition) is 18. The summed E-state index contributed by atoms with van der Waals surface area (Å²) in [6.45, 7) is 16.7. The Balaban J connectivity index is 0.000000453. The van der Waals surface area contributed by atoms with Crippen molar-refractivity contribution in [1.29, 1.82) is 0 Å². The lowest BCUT2D eigenvalue weighted by Crippen LogP contribution is -2.70. The van der Waals surface area contributed by atoms with Gasteiger partial charge in [-0.1, -0.05) is 57.9 Å². The number of Topliss-reactive ketones (excluding diaryl/α,β-unsaturated/α-hetero) is 6. The lowest BCUT2D eigenvalue weighted by Gasteiger charge is -2.52. The van der Waals surface area contributed by atoms with Gasteiger partial charge in [-0.3, -0.25) is 57.9 Å². The van der Waals surface area contributed by atoms with E-state index in [4.69, 9.17) is 48.1 Å². The van der Waals surface area contributed by atoms with Crippen LogP contribution in [-0.2, 0) is 62.4 Å². The number of phenols is 3. The minimum absolute atomic E-state index is 0. The van der Waals surface area contributed by atoms with Crippen LogP contribution in [0.2, 0.25) is 0 Å². The van der Waals surface area contributed by atoms with Crippen LogP contribution in [0, 0.1) is 63.3 Å². The third-order valence-electron chi connectivity index (χ3n) is 23.1. The molecule has 12 rings (SSSR count). The predicted molar refractivity (Wildman–Crippen MR) is 510 cm³/mol. The molecule has 15 atom stereocenters. The standard InChI is InChI=1S/C26H31N3O8.C26H29N3O8.C23H26IN3O8.C6H4.C3H6.C3H4.3CH4.B6/c2*1-6-7-10-8-13(28(2)3)11-9-12-15(21(32)14(11)19(10)30)23(34)26(37)17(20(12)31)18(29(4)5)22(33)16(24(26)35)25(27)36;1-26(2)10-6-9(24)17(29)11-7(10)5-8-12(18(11)30)20(32)23(35)14(16(8)28)15(27(3)4)19(31)13(21(23)33)22(25)34;1-3-5-6-4-2;2*1-3-2;;;;1-5(2)6(3)4/h6-8,12,17-18,20,30-32,35,37H,9H2,1-5H3,(H2,27,36);8,12,17-18,20,30-32,35,37H,9H2,1-5H3,(H2,27,36);6,8,14-16,28-30,33,35H,5H2,1-4H3,(H2,25,34);1-2H2;3H,1H2,2H3;1H,2H3;3*1H4;/b7-6+;;;;;;;;;/t2*12?,17?,18?,20?,26-;8?,14?,15?,16?,23-;;;;;;;/m000......./s1. The van der Waals surface area contributed by atoms with Crippen molar-refractivity contribution < 1.29 is 120 Å². The molecule has 3 saturated carbocycles. The summed E-state index contributed by atoms with van der Waals surface area (Å²) in [5.74, 6) is -17.5. The molecule has 130 heavy (non-hydrogen) atoms. The topological polar surface area (TPSA) is 555 Å². The van der Waals surface area contributed by atoms with E-state index in [9.17, 15) is 120 Å². The number of nitrogens with zero attached hydrogens (tertiary/aromatic N) is 6. The van der Waals surface area contributed by atoms with Crippen molar-refractivity contribution in [2.45, 2.75) is 122 Å². The number of halogens is 1. The van der Waals surface area contributed by atoms with Crippen molar-refractivity contribution in [2.75, 3.05) is 99.3 Å². The second-order valence-electron chi connectivity index (χ2n) is 32.1. The molecule has 21 N–H and O–H groups in total.